The van der Waals surface area contributed by atoms with Gasteiger partial charge in [-0.3, -0.25) is 9.48 Å². The number of carbonyl (C=O) groups excluding carboxylic acids is 1. The summed E-state index contributed by atoms with van der Waals surface area (Å²) in [7, 11) is 1.92. The van der Waals surface area contributed by atoms with Gasteiger partial charge in [0.1, 0.15) is 0 Å². The van der Waals surface area contributed by atoms with Crippen molar-refractivity contribution in [1.29, 1.82) is 0 Å². The van der Waals surface area contributed by atoms with E-state index in [1.807, 2.05) is 23.9 Å². The quantitative estimate of drug-likeness (QED) is 0.634. The molecule has 100 valence electrons. The molecule has 19 heavy (non-hydrogen) atoms. The van der Waals surface area contributed by atoms with Gasteiger partial charge in [0, 0.05) is 48.8 Å². The molecule has 0 saturated heterocycles. The molecule has 3 N–H and O–H groups in total. The zero-order valence-corrected chi connectivity index (χ0v) is 11.2. The van der Waals surface area contributed by atoms with Gasteiger partial charge in [-0.2, -0.15) is 5.10 Å². The monoisotopic (exact) mass is 258 g/mol. The minimum absolute atomic E-state index is 0.0206. The van der Waals surface area contributed by atoms with Crippen molar-refractivity contribution >= 4 is 17.2 Å². The minimum Gasteiger partial charge on any atom is -0.398 e. The number of aryl methyl sites for hydroxylation is 1. The van der Waals surface area contributed by atoms with Crippen LogP contribution in [-0.4, -0.2) is 22.1 Å². The number of carbonyl (C=O) groups is 1. The molecule has 0 unspecified atom stereocenters. The van der Waals surface area contributed by atoms with Crippen molar-refractivity contribution in [3.05, 3.63) is 41.7 Å². The topological polar surface area (TPSA) is 72.9 Å². The first-order valence-electron chi connectivity index (χ1n) is 6.19. The van der Waals surface area contributed by atoms with Crippen molar-refractivity contribution in [2.75, 3.05) is 17.6 Å². The standard InChI is InChI=1S/C14H18N4O/c1-10(19)13-9-11(3-4-14(13)15)16-7-5-12-6-8-17-18(12)2/h3-4,6,8-9,16H,5,7,15H2,1-2H3. The maximum Gasteiger partial charge on any atom is 0.161 e. The maximum atomic E-state index is 11.4. The van der Waals surface area contributed by atoms with Crippen LogP contribution in [0, 0.1) is 0 Å². The molecule has 0 radical (unpaired) electrons. The summed E-state index contributed by atoms with van der Waals surface area (Å²) in [5.74, 6) is -0.0206. The van der Waals surface area contributed by atoms with E-state index < -0.39 is 0 Å². The molecular weight excluding hydrogens is 240 g/mol. The fourth-order valence-corrected chi connectivity index (χ4v) is 1.95. The summed E-state index contributed by atoms with van der Waals surface area (Å²) >= 11 is 0. The molecule has 0 amide bonds. The van der Waals surface area contributed by atoms with Crippen LogP contribution < -0.4 is 11.1 Å². The number of nitrogens with one attached hydrogen (secondary N) is 1. The molecular formula is C14H18N4O. The van der Waals surface area contributed by atoms with Crippen molar-refractivity contribution in [2.24, 2.45) is 7.05 Å². The molecule has 1 heterocycles. The van der Waals surface area contributed by atoms with Gasteiger partial charge >= 0.3 is 0 Å². The smallest absolute Gasteiger partial charge is 0.161 e. The van der Waals surface area contributed by atoms with Gasteiger partial charge in [-0.05, 0) is 31.2 Å². The number of hydrogen-bond acceptors (Lipinski definition) is 4. The van der Waals surface area contributed by atoms with E-state index >= 15 is 0 Å². The van der Waals surface area contributed by atoms with Gasteiger partial charge in [0.2, 0.25) is 0 Å². The fraction of sp³-hybridized carbons (Fsp3) is 0.286. The highest BCUT2D eigenvalue weighted by Crippen LogP contribution is 2.18. The number of hydrogen-bond donors (Lipinski definition) is 2. The van der Waals surface area contributed by atoms with Crippen LogP contribution in [0.1, 0.15) is 23.0 Å². The number of anilines is 2. The second kappa shape index (κ2) is 5.56. The van der Waals surface area contributed by atoms with Gasteiger partial charge in [-0.1, -0.05) is 0 Å². The van der Waals surface area contributed by atoms with Crippen molar-refractivity contribution in [3.8, 4) is 0 Å². The summed E-state index contributed by atoms with van der Waals surface area (Å²) in [6.07, 6.45) is 2.66. The number of rotatable bonds is 5. The molecule has 5 heteroatoms. The molecule has 2 rings (SSSR count). The summed E-state index contributed by atoms with van der Waals surface area (Å²) in [4.78, 5) is 11.4. The molecule has 5 nitrogen and oxygen atoms in total. The Kier molecular flexibility index (Phi) is 3.85. The average Bonchev–Trinajstić information content (AvgIpc) is 2.77. The summed E-state index contributed by atoms with van der Waals surface area (Å²) in [5, 5.41) is 7.40. The van der Waals surface area contributed by atoms with E-state index in [0.717, 1.165) is 24.3 Å². The Hall–Kier alpha value is -2.30. The first-order valence-corrected chi connectivity index (χ1v) is 6.19. The highest BCUT2D eigenvalue weighted by molar-refractivity contribution is 5.99. The third kappa shape index (κ3) is 3.13. The lowest BCUT2D eigenvalue weighted by atomic mass is 10.1. The predicted octanol–water partition coefficient (Wildman–Crippen LogP) is 1.86. The van der Waals surface area contributed by atoms with Gasteiger partial charge in [-0.25, -0.2) is 0 Å². The zero-order chi connectivity index (χ0) is 13.8. The number of nitrogens with zero attached hydrogens (tertiary/aromatic N) is 2. The lowest BCUT2D eigenvalue weighted by Crippen LogP contribution is -2.09. The Morgan fingerprint density at radius 3 is 2.84 bits per heavy atom. The van der Waals surface area contributed by atoms with Crippen LogP contribution >= 0.6 is 0 Å². The summed E-state index contributed by atoms with van der Waals surface area (Å²) in [6.45, 7) is 2.30. The lowest BCUT2D eigenvalue weighted by Gasteiger charge is -2.09. The zero-order valence-electron chi connectivity index (χ0n) is 11.2. The highest BCUT2D eigenvalue weighted by Gasteiger charge is 2.05. The van der Waals surface area contributed by atoms with Gasteiger partial charge in [-0.15, -0.1) is 0 Å². The molecule has 0 bridgehead atoms. The van der Waals surface area contributed by atoms with Crippen LogP contribution in [0.4, 0.5) is 11.4 Å². The van der Waals surface area contributed by atoms with E-state index in [2.05, 4.69) is 10.4 Å². The summed E-state index contributed by atoms with van der Waals surface area (Å²) < 4.78 is 1.85. The van der Waals surface area contributed by atoms with E-state index in [0.29, 0.717) is 11.3 Å². The molecule has 2 aromatic rings. The molecule has 1 aromatic carbocycles. The first-order chi connectivity index (χ1) is 9.08. The van der Waals surface area contributed by atoms with E-state index in [4.69, 9.17) is 5.73 Å². The third-order valence-electron chi connectivity index (χ3n) is 3.07. The Balaban J connectivity index is 1.98. The number of nitrogens with two attached hydrogens (primary N) is 1. The second-order valence-electron chi connectivity index (χ2n) is 4.48. The Bertz CT molecular complexity index is 589. The Morgan fingerprint density at radius 1 is 1.42 bits per heavy atom. The SMILES string of the molecule is CC(=O)c1cc(NCCc2ccnn2C)ccc1N. The lowest BCUT2D eigenvalue weighted by molar-refractivity contribution is 0.101. The van der Waals surface area contributed by atoms with Crippen LogP contribution in [0.5, 0.6) is 0 Å². The van der Waals surface area contributed by atoms with Gasteiger partial charge in [0.05, 0.1) is 0 Å². The van der Waals surface area contributed by atoms with Crippen LogP contribution in [0.3, 0.4) is 0 Å². The molecule has 0 aliphatic heterocycles. The van der Waals surface area contributed by atoms with E-state index in [1.165, 1.54) is 6.92 Å². The maximum absolute atomic E-state index is 11.4. The molecule has 0 atom stereocenters. The Morgan fingerprint density at radius 2 is 2.21 bits per heavy atom. The van der Waals surface area contributed by atoms with Crippen molar-refractivity contribution in [3.63, 3.8) is 0 Å². The highest BCUT2D eigenvalue weighted by atomic mass is 16.1. The largest absolute Gasteiger partial charge is 0.398 e. The predicted molar refractivity (Wildman–Crippen MR) is 76.3 cm³/mol. The van der Waals surface area contributed by atoms with E-state index in [-0.39, 0.29) is 5.78 Å². The van der Waals surface area contributed by atoms with Crippen LogP contribution in [0.2, 0.25) is 0 Å². The molecule has 0 aliphatic rings. The third-order valence-corrected chi connectivity index (χ3v) is 3.07. The first kappa shape index (κ1) is 13.1. The van der Waals surface area contributed by atoms with Gasteiger partial charge in [0.15, 0.2) is 5.78 Å². The van der Waals surface area contributed by atoms with Crippen LogP contribution in [-0.2, 0) is 13.5 Å². The molecule has 0 aliphatic carbocycles. The van der Waals surface area contributed by atoms with Crippen LogP contribution in [0.25, 0.3) is 0 Å². The minimum atomic E-state index is -0.0206. The van der Waals surface area contributed by atoms with Crippen molar-refractivity contribution in [2.45, 2.75) is 13.3 Å². The summed E-state index contributed by atoms with van der Waals surface area (Å²) in [6, 6.07) is 7.42. The number of Topliss-reactive ketones (excluding diaryl/α,β-unsaturated/α-hetero) is 1. The van der Waals surface area contributed by atoms with Gasteiger partial charge in [0.25, 0.3) is 0 Å². The number of nitrogen functional groups attached to an aromatic ring is 1. The number of aromatic nitrogens is 2. The number of ketones is 1. The Labute approximate surface area is 112 Å². The molecule has 1 aromatic heterocycles. The average molecular weight is 258 g/mol. The summed E-state index contributed by atoms with van der Waals surface area (Å²) in [5.41, 5.74) is 8.90. The van der Waals surface area contributed by atoms with E-state index in [1.54, 1.807) is 18.3 Å². The van der Waals surface area contributed by atoms with Crippen LogP contribution in [0.15, 0.2) is 30.5 Å². The van der Waals surface area contributed by atoms with Crippen molar-refractivity contribution in [1.82, 2.24) is 9.78 Å². The second-order valence-corrected chi connectivity index (χ2v) is 4.48. The normalized spacial score (nSPS) is 10.4. The molecule has 0 fully saturated rings. The molecule has 0 spiro atoms. The fourth-order valence-electron chi connectivity index (χ4n) is 1.95. The van der Waals surface area contributed by atoms with Crippen molar-refractivity contribution < 1.29 is 4.79 Å². The van der Waals surface area contributed by atoms with E-state index in [9.17, 15) is 4.79 Å². The number of benzene rings is 1. The van der Waals surface area contributed by atoms with Gasteiger partial charge < -0.3 is 11.1 Å². The molecule has 0 saturated carbocycles.